The molecule has 1 atom stereocenters. The highest BCUT2D eigenvalue weighted by Crippen LogP contribution is 2.33. The predicted molar refractivity (Wildman–Crippen MR) is 83.3 cm³/mol. The van der Waals surface area contributed by atoms with Crippen LogP contribution in [0.3, 0.4) is 0 Å². The van der Waals surface area contributed by atoms with Crippen LogP contribution >= 0.6 is 35.0 Å². The van der Waals surface area contributed by atoms with E-state index in [0.29, 0.717) is 10.0 Å². The summed E-state index contributed by atoms with van der Waals surface area (Å²) in [6.07, 6.45) is 2.16. The number of anilines is 1. The molecule has 1 heterocycles. The normalized spacial score (nSPS) is 23.7. The molecule has 0 aromatic heterocycles. The van der Waals surface area contributed by atoms with Crippen molar-refractivity contribution in [2.45, 2.75) is 32.2 Å². The lowest BCUT2D eigenvalue weighted by molar-refractivity contribution is 0.443. The molecule has 0 amide bonds. The lowest BCUT2D eigenvalue weighted by atomic mass is 9.97. The Balaban J connectivity index is 2.21. The first-order valence-electron chi connectivity index (χ1n) is 5.98. The summed E-state index contributed by atoms with van der Waals surface area (Å²) in [5, 5.41) is 5.31. The molecule has 1 N–H and O–H groups in total. The third-order valence-electron chi connectivity index (χ3n) is 3.21. The van der Waals surface area contributed by atoms with Gasteiger partial charge < -0.3 is 5.32 Å². The van der Waals surface area contributed by atoms with Gasteiger partial charge in [-0.05, 0) is 31.9 Å². The zero-order valence-electron chi connectivity index (χ0n) is 10.5. The summed E-state index contributed by atoms with van der Waals surface area (Å²) in [6, 6.07) is 5.57. The zero-order chi connectivity index (χ0) is 13.2. The molecule has 0 saturated carbocycles. The van der Waals surface area contributed by atoms with Crippen molar-refractivity contribution in [3.05, 3.63) is 28.2 Å². The number of nitrogens with zero attached hydrogens (tertiary/aromatic N) is 1. The van der Waals surface area contributed by atoms with Crippen LogP contribution in [0.15, 0.2) is 23.2 Å². The Bertz CT molecular complexity index is 476. The van der Waals surface area contributed by atoms with Gasteiger partial charge in [-0.2, -0.15) is 0 Å². The average Bonchev–Trinajstić information content (AvgIpc) is 2.35. The summed E-state index contributed by atoms with van der Waals surface area (Å²) in [5.41, 5.74) is 0.856. The summed E-state index contributed by atoms with van der Waals surface area (Å²) < 4.78 is 0. The number of nitrogens with one attached hydrogen (secondary N) is 1. The standard InChI is InChI=1S/C13H16Cl2N2S/c1-3-13(2)7-8-18-12(17-13)16-10-6-4-5-9(14)11(10)15/h4-6H,3,7-8H2,1-2H3,(H,16,17). The van der Waals surface area contributed by atoms with Gasteiger partial charge in [-0.3, -0.25) is 4.99 Å². The second kappa shape index (κ2) is 5.72. The molecule has 0 spiro atoms. The number of hydrogen-bond donors (Lipinski definition) is 1. The van der Waals surface area contributed by atoms with Crippen molar-refractivity contribution in [1.82, 2.24) is 0 Å². The summed E-state index contributed by atoms with van der Waals surface area (Å²) in [6.45, 7) is 4.36. The van der Waals surface area contributed by atoms with E-state index in [2.05, 4.69) is 19.2 Å². The first-order valence-corrected chi connectivity index (χ1v) is 7.72. The number of halogens is 2. The van der Waals surface area contributed by atoms with E-state index >= 15 is 0 Å². The van der Waals surface area contributed by atoms with Gasteiger partial charge in [-0.1, -0.05) is 48.0 Å². The molecule has 5 heteroatoms. The molecule has 0 aliphatic carbocycles. The van der Waals surface area contributed by atoms with E-state index in [0.717, 1.165) is 29.4 Å². The van der Waals surface area contributed by atoms with Gasteiger partial charge in [0.2, 0.25) is 0 Å². The maximum atomic E-state index is 6.16. The van der Waals surface area contributed by atoms with Crippen LogP contribution in [0.5, 0.6) is 0 Å². The molecule has 98 valence electrons. The molecule has 0 saturated heterocycles. The zero-order valence-corrected chi connectivity index (χ0v) is 12.8. The van der Waals surface area contributed by atoms with E-state index in [-0.39, 0.29) is 5.54 Å². The first-order chi connectivity index (χ1) is 8.54. The van der Waals surface area contributed by atoms with Crippen LogP contribution in [0.2, 0.25) is 10.0 Å². The number of hydrogen-bond acceptors (Lipinski definition) is 3. The van der Waals surface area contributed by atoms with E-state index in [9.17, 15) is 0 Å². The number of amidine groups is 1. The van der Waals surface area contributed by atoms with Crippen molar-refractivity contribution >= 4 is 45.8 Å². The molecule has 0 fully saturated rings. The minimum absolute atomic E-state index is 0.0403. The fraction of sp³-hybridized carbons (Fsp3) is 0.462. The minimum atomic E-state index is 0.0403. The van der Waals surface area contributed by atoms with Gasteiger partial charge in [0.05, 0.1) is 21.3 Å². The Morgan fingerprint density at radius 3 is 2.94 bits per heavy atom. The molecule has 1 aliphatic heterocycles. The molecular weight excluding hydrogens is 287 g/mol. The van der Waals surface area contributed by atoms with E-state index in [1.165, 1.54) is 0 Å². The van der Waals surface area contributed by atoms with Gasteiger partial charge in [-0.15, -0.1) is 0 Å². The molecule has 1 aliphatic rings. The van der Waals surface area contributed by atoms with Crippen molar-refractivity contribution in [2.75, 3.05) is 11.1 Å². The van der Waals surface area contributed by atoms with E-state index in [1.807, 2.05) is 12.1 Å². The number of benzene rings is 1. The summed E-state index contributed by atoms with van der Waals surface area (Å²) in [7, 11) is 0. The molecule has 0 radical (unpaired) electrons. The average molecular weight is 303 g/mol. The van der Waals surface area contributed by atoms with Gasteiger partial charge in [0, 0.05) is 5.75 Å². The minimum Gasteiger partial charge on any atom is -0.334 e. The third kappa shape index (κ3) is 3.14. The van der Waals surface area contributed by atoms with Crippen molar-refractivity contribution < 1.29 is 0 Å². The van der Waals surface area contributed by atoms with Gasteiger partial charge in [0.25, 0.3) is 0 Å². The SMILES string of the molecule is CCC1(C)CCSC(Nc2cccc(Cl)c2Cl)=N1. The van der Waals surface area contributed by atoms with Crippen molar-refractivity contribution in [3.8, 4) is 0 Å². The van der Waals surface area contributed by atoms with Crippen molar-refractivity contribution in [3.63, 3.8) is 0 Å². The van der Waals surface area contributed by atoms with E-state index < -0.39 is 0 Å². The summed E-state index contributed by atoms with van der Waals surface area (Å²) in [5.74, 6) is 1.08. The van der Waals surface area contributed by atoms with Crippen LogP contribution in [-0.4, -0.2) is 16.5 Å². The van der Waals surface area contributed by atoms with Crippen LogP contribution in [0.25, 0.3) is 0 Å². The van der Waals surface area contributed by atoms with Crippen molar-refractivity contribution in [2.24, 2.45) is 4.99 Å². The fourth-order valence-corrected chi connectivity index (χ4v) is 3.29. The van der Waals surface area contributed by atoms with Crippen LogP contribution in [0, 0.1) is 0 Å². The maximum absolute atomic E-state index is 6.16. The molecule has 1 aromatic rings. The van der Waals surface area contributed by atoms with E-state index in [4.69, 9.17) is 28.2 Å². The van der Waals surface area contributed by atoms with Gasteiger partial charge in [-0.25, -0.2) is 0 Å². The number of rotatable bonds is 2. The van der Waals surface area contributed by atoms with Crippen LogP contribution < -0.4 is 5.32 Å². The smallest absolute Gasteiger partial charge is 0.161 e. The highest BCUT2D eigenvalue weighted by molar-refractivity contribution is 8.14. The quantitative estimate of drug-likeness (QED) is 0.825. The summed E-state index contributed by atoms with van der Waals surface area (Å²) >= 11 is 13.9. The molecule has 2 rings (SSSR count). The lowest BCUT2D eigenvalue weighted by Crippen LogP contribution is -2.29. The monoisotopic (exact) mass is 302 g/mol. The lowest BCUT2D eigenvalue weighted by Gasteiger charge is -2.29. The Hall–Kier alpha value is -0.380. The Morgan fingerprint density at radius 1 is 1.44 bits per heavy atom. The molecular formula is C13H16Cl2N2S. The Morgan fingerprint density at radius 2 is 2.22 bits per heavy atom. The molecule has 0 bridgehead atoms. The fourth-order valence-electron chi connectivity index (χ4n) is 1.74. The third-order valence-corrected chi connectivity index (χ3v) is 4.90. The highest BCUT2D eigenvalue weighted by Gasteiger charge is 2.26. The molecule has 2 nitrogen and oxygen atoms in total. The van der Waals surface area contributed by atoms with Gasteiger partial charge in [0.1, 0.15) is 0 Å². The topological polar surface area (TPSA) is 24.4 Å². The Kier molecular flexibility index (Phi) is 4.46. The summed E-state index contributed by atoms with van der Waals surface area (Å²) in [4.78, 5) is 4.77. The maximum Gasteiger partial charge on any atom is 0.161 e. The molecule has 1 unspecified atom stereocenters. The van der Waals surface area contributed by atoms with Crippen molar-refractivity contribution in [1.29, 1.82) is 0 Å². The highest BCUT2D eigenvalue weighted by atomic mass is 35.5. The van der Waals surface area contributed by atoms with Crippen LogP contribution in [0.1, 0.15) is 26.7 Å². The van der Waals surface area contributed by atoms with E-state index in [1.54, 1.807) is 17.8 Å². The second-order valence-corrected chi connectivity index (χ2v) is 6.46. The molecule has 1 aromatic carbocycles. The molecule has 18 heavy (non-hydrogen) atoms. The predicted octanol–water partition coefficient (Wildman–Crippen LogP) is 5.07. The second-order valence-electron chi connectivity index (χ2n) is 4.59. The van der Waals surface area contributed by atoms with Gasteiger partial charge >= 0.3 is 0 Å². The first kappa shape index (κ1) is 14.0. The number of aliphatic imine (C=N–C) groups is 1. The number of thioether (sulfide) groups is 1. The van der Waals surface area contributed by atoms with Crippen LogP contribution in [-0.2, 0) is 0 Å². The van der Waals surface area contributed by atoms with Gasteiger partial charge in [0.15, 0.2) is 5.17 Å². The Labute approximate surface area is 122 Å². The largest absolute Gasteiger partial charge is 0.334 e. The van der Waals surface area contributed by atoms with Crippen LogP contribution in [0.4, 0.5) is 5.69 Å².